The van der Waals surface area contributed by atoms with Gasteiger partial charge >= 0.3 is 0 Å². The van der Waals surface area contributed by atoms with Gasteiger partial charge in [-0.25, -0.2) is 0 Å². The zero-order valence-electron chi connectivity index (χ0n) is 10.6. The Kier molecular flexibility index (Phi) is 3.36. The number of piperidine rings is 1. The van der Waals surface area contributed by atoms with Crippen LogP contribution in [0, 0.1) is 0 Å². The molecule has 0 saturated carbocycles. The molecular weight excluding hydrogens is 184 g/mol. The third-order valence-corrected chi connectivity index (χ3v) is 4.74. The summed E-state index contributed by atoms with van der Waals surface area (Å²) < 4.78 is 0. The van der Waals surface area contributed by atoms with Gasteiger partial charge in [-0.2, -0.15) is 0 Å². The maximum absolute atomic E-state index is 2.71. The summed E-state index contributed by atoms with van der Waals surface area (Å²) in [6.07, 6.45) is 6.95. The lowest BCUT2D eigenvalue weighted by atomic mass is 9.86. The summed E-state index contributed by atoms with van der Waals surface area (Å²) in [5.41, 5.74) is 0.543. The first-order valence-electron chi connectivity index (χ1n) is 6.63. The molecule has 88 valence electrons. The molecule has 0 aromatic carbocycles. The normalized spacial score (nSPS) is 36.2. The molecule has 2 heteroatoms. The highest BCUT2D eigenvalue weighted by atomic mass is 15.3. The van der Waals surface area contributed by atoms with E-state index in [2.05, 4.69) is 30.7 Å². The fourth-order valence-corrected chi connectivity index (χ4v) is 3.37. The lowest BCUT2D eigenvalue weighted by Gasteiger charge is -2.46. The molecule has 2 fully saturated rings. The van der Waals surface area contributed by atoms with Gasteiger partial charge in [0.2, 0.25) is 0 Å². The van der Waals surface area contributed by atoms with E-state index in [0.717, 1.165) is 6.04 Å². The van der Waals surface area contributed by atoms with Crippen molar-refractivity contribution in [3.63, 3.8) is 0 Å². The van der Waals surface area contributed by atoms with Crippen molar-refractivity contribution < 1.29 is 0 Å². The molecule has 2 rings (SSSR count). The first kappa shape index (κ1) is 11.4. The summed E-state index contributed by atoms with van der Waals surface area (Å²) in [6.45, 7) is 8.65. The first-order valence-corrected chi connectivity index (χ1v) is 6.63. The van der Waals surface area contributed by atoms with Crippen molar-refractivity contribution in [1.29, 1.82) is 0 Å². The fourth-order valence-electron chi connectivity index (χ4n) is 3.37. The summed E-state index contributed by atoms with van der Waals surface area (Å²) in [7, 11) is 2.33. The predicted molar refractivity (Wildman–Crippen MR) is 65.2 cm³/mol. The molecule has 0 radical (unpaired) electrons. The van der Waals surface area contributed by atoms with Crippen LogP contribution in [0.4, 0.5) is 0 Å². The molecule has 0 aliphatic carbocycles. The van der Waals surface area contributed by atoms with Gasteiger partial charge in [0.05, 0.1) is 0 Å². The summed E-state index contributed by atoms with van der Waals surface area (Å²) in [4.78, 5) is 5.34. The van der Waals surface area contributed by atoms with Gasteiger partial charge in [0.25, 0.3) is 0 Å². The van der Waals surface area contributed by atoms with E-state index in [1.807, 2.05) is 0 Å². The monoisotopic (exact) mass is 210 g/mol. The van der Waals surface area contributed by atoms with Crippen molar-refractivity contribution in [1.82, 2.24) is 9.80 Å². The van der Waals surface area contributed by atoms with E-state index in [9.17, 15) is 0 Å². The van der Waals surface area contributed by atoms with Gasteiger partial charge in [-0.15, -0.1) is 0 Å². The number of nitrogens with zero attached hydrogens (tertiary/aromatic N) is 2. The fraction of sp³-hybridized carbons (Fsp3) is 1.00. The van der Waals surface area contributed by atoms with Crippen LogP contribution in [0.25, 0.3) is 0 Å². The zero-order valence-corrected chi connectivity index (χ0v) is 10.6. The van der Waals surface area contributed by atoms with E-state index in [1.54, 1.807) is 0 Å². The zero-order chi connectivity index (χ0) is 10.9. The first-order chi connectivity index (χ1) is 7.18. The van der Waals surface area contributed by atoms with Gasteiger partial charge in [0.15, 0.2) is 0 Å². The maximum Gasteiger partial charge on any atom is 0.0334 e. The number of rotatable bonds is 2. The second-order valence-corrected chi connectivity index (χ2v) is 5.58. The van der Waals surface area contributed by atoms with Gasteiger partial charge in [-0.1, -0.05) is 6.92 Å². The molecule has 2 nitrogen and oxygen atoms in total. The second-order valence-electron chi connectivity index (χ2n) is 5.58. The second kappa shape index (κ2) is 4.42. The summed E-state index contributed by atoms with van der Waals surface area (Å²) in [5, 5.41) is 0. The van der Waals surface area contributed by atoms with Crippen molar-refractivity contribution in [3.8, 4) is 0 Å². The SMILES string of the molecule is CCC(C)N1CCCC2(CCCN2C)C1. The molecule has 0 N–H and O–H groups in total. The Balaban J connectivity index is 2.03. The van der Waals surface area contributed by atoms with Crippen molar-refractivity contribution in [2.75, 3.05) is 26.7 Å². The standard InChI is InChI=1S/C13H26N2/c1-4-12(2)15-10-6-8-13(11-15)7-5-9-14(13)3/h12H,4-11H2,1-3H3. The summed E-state index contributed by atoms with van der Waals surface area (Å²) >= 11 is 0. The van der Waals surface area contributed by atoms with Crippen LogP contribution in [0.2, 0.25) is 0 Å². The molecule has 0 aromatic rings. The number of hydrogen-bond donors (Lipinski definition) is 0. The van der Waals surface area contributed by atoms with Crippen molar-refractivity contribution in [2.24, 2.45) is 0 Å². The van der Waals surface area contributed by atoms with Gasteiger partial charge in [0.1, 0.15) is 0 Å². The smallest absolute Gasteiger partial charge is 0.0334 e. The molecule has 0 aromatic heterocycles. The maximum atomic E-state index is 2.71. The minimum Gasteiger partial charge on any atom is -0.299 e. The van der Waals surface area contributed by atoms with Crippen LogP contribution in [0.5, 0.6) is 0 Å². The number of likely N-dealkylation sites (tertiary alicyclic amines) is 2. The third-order valence-electron chi connectivity index (χ3n) is 4.74. The topological polar surface area (TPSA) is 6.48 Å². The largest absolute Gasteiger partial charge is 0.299 e. The predicted octanol–water partition coefficient (Wildman–Crippen LogP) is 2.35. The molecule has 0 amide bonds. The number of hydrogen-bond acceptors (Lipinski definition) is 2. The third kappa shape index (κ3) is 2.07. The molecule has 2 aliphatic heterocycles. The lowest BCUT2D eigenvalue weighted by Crippen LogP contribution is -2.56. The molecule has 2 heterocycles. The Morgan fingerprint density at radius 1 is 1.20 bits per heavy atom. The van der Waals surface area contributed by atoms with Crippen LogP contribution in [-0.2, 0) is 0 Å². The molecule has 2 atom stereocenters. The summed E-state index contributed by atoms with van der Waals surface area (Å²) in [6, 6.07) is 0.774. The van der Waals surface area contributed by atoms with Crippen LogP contribution in [0.15, 0.2) is 0 Å². The minimum absolute atomic E-state index is 0.543. The molecule has 1 spiro atoms. The Morgan fingerprint density at radius 2 is 1.87 bits per heavy atom. The Morgan fingerprint density at radius 3 is 2.47 bits per heavy atom. The molecular formula is C13H26N2. The van der Waals surface area contributed by atoms with E-state index >= 15 is 0 Å². The molecule has 2 unspecified atom stereocenters. The highest BCUT2D eigenvalue weighted by molar-refractivity contribution is 4.99. The summed E-state index contributed by atoms with van der Waals surface area (Å²) in [5.74, 6) is 0. The highest BCUT2D eigenvalue weighted by Crippen LogP contribution is 2.36. The molecule has 2 saturated heterocycles. The van der Waals surface area contributed by atoms with Crippen LogP contribution in [-0.4, -0.2) is 48.1 Å². The Hall–Kier alpha value is -0.0800. The van der Waals surface area contributed by atoms with E-state index in [-0.39, 0.29) is 0 Å². The van der Waals surface area contributed by atoms with Gasteiger partial charge in [-0.3, -0.25) is 9.80 Å². The van der Waals surface area contributed by atoms with Crippen molar-refractivity contribution in [2.45, 2.75) is 57.5 Å². The molecule has 0 bridgehead atoms. The van der Waals surface area contributed by atoms with Gasteiger partial charge in [0, 0.05) is 18.1 Å². The van der Waals surface area contributed by atoms with Crippen LogP contribution in [0.1, 0.15) is 46.0 Å². The van der Waals surface area contributed by atoms with E-state index in [1.165, 1.54) is 51.7 Å². The average Bonchev–Trinajstić information content (AvgIpc) is 2.59. The van der Waals surface area contributed by atoms with Crippen LogP contribution in [0.3, 0.4) is 0 Å². The quantitative estimate of drug-likeness (QED) is 0.690. The van der Waals surface area contributed by atoms with Crippen molar-refractivity contribution >= 4 is 0 Å². The Bertz CT molecular complexity index is 217. The van der Waals surface area contributed by atoms with Crippen LogP contribution < -0.4 is 0 Å². The highest BCUT2D eigenvalue weighted by Gasteiger charge is 2.42. The van der Waals surface area contributed by atoms with E-state index < -0.39 is 0 Å². The molecule has 2 aliphatic rings. The lowest BCUT2D eigenvalue weighted by molar-refractivity contribution is 0.0371. The van der Waals surface area contributed by atoms with E-state index in [0.29, 0.717) is 5.54 Å². The van der Waals surface area contributed by atoms with Gasteiger partial charge in [-0.05, 0) is 59.2 Å². The number of likely N-dealkylation sites (N-methyl/N-ethyl adjacent to an activating group) is 1. The van der Waals surface area contributed by atoms with Gasteiger partial charge < -0.3 is 0 Å². The minimum atomic E-state index is 0.543. The van der Waals surface area contributed by atoms with Crippen molar-refractivity contribution in [3.05, 3.63) is 0 Å². The van der Waals surface area contributed by atoms with E-state index in [4.69, 9.17) is 0 Å². The van der Waals surface area contributed by atoms with Crippen LogP contribution >= 0.6 is 0 Å². The molecule has 15 heavy (non-hydrogen) atoms. The average molecular weight is 210 g/mol. The Labute approximate surface area is 94.6 Å².